The second-order valence-corrected chi connectivity index (χ2v) is 10.6. The molecule has 0 radical (unpaired) electrons. The molecule has 41 heavy (non-hydrogen) atoms. The Hall–Kier alpha value is -4.17. The molecule has 0 bridgehead atoms. The van der Waals surface area contributed by atoms with E-state index in [2.05, 4.69) is 33.5 Å². The number of aromatic nitrogens is 4. The highest BCUT2D eigenvalue weighted by molar-refractivity contribution is 7.22. The van der Waals surface area contributed by atoms with Crippen LogP contribution in [0.1, 0.15) is 38.6 Å². The molecule has 14 heteroatoms. The maximum absolute atomic E-state index is 10.6. The number of rotatable bonds is 5. The second kappa shape index (κ2) is 11.4. The predicted molar refractivity (Wildman–Crippen MR) is 150 cm³/mol. The Labute approximate surface area is 235 Å². The molecule has 0 aliphatic heterocycles. The van der Waals surface area contributed by atoms with Crippen LogP contribution in [0.3, 0.4) is 0 Å². The van der Waals surface area contributed by atoms with E-state index in [0.29, 0.717) is 17.4 Å². The highest BCUT2D eigenvalue weighted by Gasteiger charge is 2.38. The van der Waals surface area contributed by atoms with E-state index in [1.54, 1.807) is 17.5 Å². The summed E-state index contributed by atoms with van der Waals surface area (Å²) in [5, 5.41) is 26.7. The quantitative estimate of drug-likeness (QED) is 0.191. The van der Waals surface area contributed by atoms with E-state index in [9.17, 15) is 18.3 Å². The number of fused-ring (bicyclic) bond motifs is 2. The number of alkyl halides is 3. The number of hydrogen-bond acceptors (Lipinski definition) is 9. The average molecular weight is 589 g/mol. The van der Waals surface area contributed by atoms with Gasteiger partial charge in [-0.3, -0.25) is 4.68 Å². The van der Waals surface area contributed by atoms with Gasteiger partial charge in [-0.05, 0) is 50.8 Å². The van der Waals surface area contributed by atoms with Gasteiger partial charge in [-0.15, -0.1) is 0 Å². The number of aliphatic hydroxyl groups is 1. The zero-order valence-electron chi connectivity index (χ0n) is 21.9. The van der Waals surface area contributed by atoms with Gasteiger partial charge in [0.05, 0.1) is 28.6 Å². The Morgan fingerprint density at radius 2 is 1.95 bits per heavy atom. The van der Waals surface area contributed by atoms with Crippen LogP contribution in [0.2, 0.25) is 0 Å². The van der Waals surface area contributed by atoms with Crippen molar-refractivity contribution < 1.29 is 32.6 Å². The summed E-state index contributed by atoms with van der Waals surface area (Å²) in [6.45, 7) is 2.88. The van der Waals surface area contributed by atoms with Gasteiger partial charge in [-0.1, -0.05) is 17.4 Å². The fraction of sp³-hybridized carbons (Fsp3) is 0.333. The SMILES string of the molecule is CCNc1nc2cccc(-c3cc4c(-c5cnn(C6CCC(O)CC6)c5)cnc(N)c4o3)c2s1.O=C(O)C(F)(F)F. The van der Waals surface area contributed by atoms with E-state index in [-0.39, 0.29) is 6.10 Å². The minimum atomic E-state index is -5.08. The monoisotopic (exact) mass is 588 g/mol. The Morgan fingerprint density at radius 3 is 2.63 bits per heavy atom. The smallest absolute Gasteiger partial charge is 0.475 e. The Bertz CT molecular complexity index is 1690. The molecule has 1 saturated carbocycles. The summed E-state index contributed by atoms with van der Waals surface area (Å²) in [5.74, 6) is -1.65. The third-order valence-electron chi connectivity index (χ3n) is 6.79. The van der Waals surface area contributed by atoms with Gasteiger partial charge in [0.1, 0.15) is 5.76 Å². The average Bonchev–Trinajstić information content (AvgIpc) is 3.68. The summed E-state index contributed by atoms with van der Waals surface area (Å²) in [4.78, 5) is 18.0. The van der Waals surface area contributed by atoms with Gasteiger partial charge < -0.3 is 25.7 Å². The Balaban J connectivity index is 0.000000431. The molecule has 10 nitrogen and oxygen atoms in total. The maximum atomic E-state index is 10.6. The van der Waals surface area contributed by atoms with Crippen LogP contribution in [-0.2, 0) is 4.79 Å². The molecular formula is C27H27F3N6O4S. The van der Waals surface area contributed by atoms with Gasteiger partial charge in [0.2, 0.25) is 0 Å². The van der Waals surface area contributed by atoms with Crippen LogP contribution in [0.25, 0.3) is 43.6 Å². The summed E-state index contributed by atoms with van der Waals surface area (Å²) in [6, 6.07) is 8.40. The number of hydrogen-bond donors (Lipinski definition) is 4. The molecular weight excluding hydrogens is 561 g/mol. The lowest BCUT2D eigenvalue weighted by atomic mass is 9.93. The van der Waals surface area contributed by atoms with E-state index < -0.39 is 12.1 Å². The summed E-state index contributed by atoms with van der Waals surface area (Å²) in [5.41, 5.74) is 10.6. The molecule has 4 aromatic heterocycles. The third kappa shape index (κ3) is 5.98. The number of aliphatic carboxylic acids is 1. The highest BCUT2D eigenvalue weighted by atomic mass is 32.1. The van der Waals surface area contributed by atoms with Crippen LogP contribution in [0.15, 0.2) is 47.3 Å². The number of carboxylic acids is 1. The van der Waals surface area contributed by atoms with Gasteiger partial charge in [0, 0.05) is 41.0 Å². The zero-order chi connectivity index (χ0) is 29.3. The van der Waals surface area contributed by atoms with Crippen LogP contribution in [0.4, 0.5) is 24.1 Å². The number of carboxylic acid groups (broad SMARTS) is 1. The molecule has 1 aliphatic carbocycles. The number of anilines is 2. The van der Waals surface area contributed by atoms with E-state index in [0.717, 1.165) is 75.4 Å². The lowest BCUT2D eigenvalue weighted by Gasteiger charge is -2.25. The van der Waals surface area contributed by atoms with Gasteiger partial charge in [0.15, 0.2) is 16.5 Å². The number of benzene rings is 1. The largest absolute Gasteiger partial charge is 0.490 e. The van der Waals surface area contributed by atoms with Crippen molar-refractivity contribution >= 4 is 49.4 Å². The van der Waals surface area contributed by atoms with Crippen molar-refractivity contribution in [2.75, 3.05) is 17.6 Å². The van der Waals surface area contributed by atoms with Gasteiger partial charge in [0.25, 0.3) is 0 Å². The van der Waals surface area contributed by atoms with Crippen molar-refractivity contribution in [3.05, 3.63) is 42.9 Å². The number of halogens is 3. The van der Waals surface area contributed by atoms with E-state index in [1.165, 1.54) is 0 Å². The summed E-state index contributed by atoms with van der Waals surface area (Å²) < 4.78 is 41.1. The fourth-order valence-corrected chi connectivity index (χ4v) is 5.83. The van der Waals surface area contributed by atoms with E-state index in [1.807, 2.05) is 35.1 Å². The molecule has 4 heterocycles. The molecule has 0 saturated heterocycles. The standard InChI is InChI=1S/C25H26N6O2S.C2HF3O2/c1-2-27-25-30-20-5-3-4-17(23(20)34-25)21-10-18-19(12-28-24(26)22(18)33-21)14-11-29-31(13-14)15-6-8-16(32)9-7-15;3-2(4,5)1(6)7/h3-5,10-13,15-16,32H,2,6-9H2,1H3,(H2,26,28)(H,27,30);(H,6,7). The molecule has 0 spiro atoms. The lowest BCUT2D eigenvalue weighted by molar-refractivity contribution is -0.192. The Morgan fingerprint density at radius 1 is 1.22 bits per heavy atom. The minimum Gasteiger partial charge on any atom is -0.475 e. The Kier molecular flexibility index (Phi) is 7.87. The highest BCUT2D eigenvalue weighted by Crippen LogP contribution is 2.41. The maximum Gasteiger partial charge on any atom is 0.490 e. The number of nitrogens with two attached hydrogens (primary N) is 1. The number of nitrogens with zero attached hydrogens (tertiary/aromatic N) is 4. The molecule has 1 aliphatic rings. The second-order valence-electron chi connectivity index (χ2n) is 9.59. The first-order chi connectivity index (χ1) is 19.5. The van der Waals surface area contributed by atoms with Gasteiger partial charge in [-0.2, -0.15) is 18.3 Å². The first-order valence-electron chi connectivity index (χ1n) is 12.9. The van der Waals surface area contributed by atoms with Crippen molar-refractivity contribution in [2.24, 2.45) is 0 Å². The molecule has 1 aromatic carbocycles. The predicted octanol–water partition coefficient (Wildman–Crippen LogP) is 6.09. The fourth-order valence-electron chi connectivity index (χ4n) is 4.78. The van der Waals surface area contributed by atoms with Crippen LogP contribution in [-0.4, -0.2) is 54.8 Å². The number of carbonyl (C=O) groups is 1. The molecule has 5 N–H and O–H groups in total. The number of pyridine rings is 1. The molecule has 5 aromatic rings. The van der Waals surface area contributed by atoms with Crippen LogP contribution < -0.4 is 11.1 Å². The molecule has 0 unspecified atom stereocenters. The van der Waals surface area contributed by atoms with Crippen LogP contribution in [0, 0.1) is 0 Å². The lowest BCUT2D eigenvalue weighted by Crippen LogP contribution is -2.21. The molecule has 0 atom stereocenters. The topological polar surface area (TPSA) is 152 Å². The molecule has 0 amide bonds. The number of nitrogens with one attached hydrogen (secondary N) is 1. The number of aliphatic hydroxyl groups excluding tert-OH is 1. The van der Waals surface area contributed by atoms with Gasteiger partial charge >= 0.3 is 12.1 Å². The van der Waals surface area contributed by atoms with Crippen molar-refractivity contribution in [1.82, 2.24) is 19.7 Å². The molecule has 6 rings (SSSR count). The zero-order valence-corrected chi connectivity index (χ0v) is 22.7. The van der Waals surface area contributed by atoms with E-state index in [4.69, 9.17) is 20.1 Å². The summed E-state index contributed by atoms with van der Waals surface area (Å²) in [7, 11) is 0. The normalized spacial score (nSPS) is 17.4. The van der Waals surface area contributed by atoms with Crippen molar-refractivity contribution in [1.29, 1.82) is 0 Å². The molecule has 1 fully saturated rings. The number of nitrogen functional groups attached to an aromatic ring is 1. The van der Waals surface area contributed by atoms with Crippen molar-refractivity contribution in [3.63, 3.8) is 0 Å². The first kappa shape index (κ1) is 28.4. The van der Waals surface area contributed by atoms with Crippen LogP contribution >= 0.6 is 11.3 Å². The minimum absolute atomic E-state index is 0.187. The number of furan rings is 1. The summed E-state index contributed by atoms with van der Waals surface area (Å²) in [6.07, 6.45) is 3.95. The first-order valence-corrected chi connectivity index (χ1v) is 13.7. The molecule has 216 valence electrons. The van der Waals surface area contributed by atoms with Crippen molar-refractivity contribution in [3.8, 4) is 22.5 Å². The number of thiazole rings is 1. The third-order valence-corrected chi connectivity index (χ3v) is 7.85. The summed E-state index contributed by atoms with van der Waals surface area (Å²) >= 11 is 1.62. The van der Waals surface area contributed by atoms with Gasteiger partial charge in [-0.25, -0.2) is 14.8 Å². The van der Waals surface area contributed by atoms with Crippen molar-refractivity contribution in [2.45, 2.75) is 50.9 Å². The van der Waals surface area contributed by atoms with E-state index >= 15 is 0 Å². The van der Waals surface area contributed by atoms with Crippen LogP contribution in [0.5, 0.6) is 0 Å².